The number of nitrogens with one attached hydrogen (secondary N) is 1. The van der Waals surface area contributed by atoms with Gasteiger partial charge in [-0.3, -0.25) is 9.88 Å². The number of anilines is 1. The number of nitrogens with zero attached hydrogens (tertiary/aromatic N) is 5. The van der Waals surface area contributed by atoms with Gasteiger partial charge in [0.15, 0.2) is 23.2 Å². The van der Waals surface area contributed by atoms with Gasteiger partial charge in [-0.05, 0) is 0 Å². The first-order valence-electron chi connectivity index (χ1n) is 9.18. The lowest BCUT2D eigenvalue weighted by Gasteiger charge is -2.16. The van der Waals surface area contributed by atoms with Crippen molar-refractivity contribution in [3.8, 4) is 0 Å². The Kier molecular flexibility index (Phi) is 8.65. The van der Waals surface area contributed by atoms with Crippen molar-refractivity contribution < 1.29 is 39.5 Å². The molecule has 0 spiro atoms. The summed E-state index contributed by atoms with van der Waals surface area (Å²) in [5, 5.41) is 41.0. The molecule has 176 valence electrons. The minimum atomic E-state index is -1.32. The average Bonchev–Trinajstić information content (AvgIpc) is 3.31. The second-order valence-corrected chi connectivity index (χ2v) is 8.94. The van der Waals surface area contributed by atoms with Crippen molar-refractivity contribution >= 4 is 44.7 Å². The first-order chi connectivity index (χ1) is 15.4. The van der Waals surface area contributed by atoms with Crippen LogP contribution in [-0.2, 0) is 14.3 Å². The molecule has 1 saturated heterocycles. The van der Waals surface area contributed by atoms with E-state index in [0.29, 0.717) is 11.5 Å². The molecule has 1 fully saturated rings. The van der Waals surface area contributed by atoms with E-state index in [0.717, 1.165) is 0 Å². The van der Waals surface area contributed by atoms with Crippen molar-refractivity contribution in [1.82, 2.24) is 19.5 Å². The maximum Gasteiger partial charge on any atom is 0.412 e. The Morgan fingerprint density at radius 2 is 2.00 bits per heavy atom. The number of fused-ring (bicyclic) bond motifs is 1. The third kappa shape index (κ3) is 5.87. The number of amides is 1. The van der Waals surface area contributed by atoms with E-state index in [1.807, 2.05) is 0 Å². The topological polar surface area (TPSA) is 204 Å². The molecule has 4 N–H and O–H groups in total. The number of carbonyl (C=O) groups excluding carboxylic acids is 1. The molecule has 0 aliphatic carbocycles. The molecule has 1 aliphatic rings. The summed E-state index contributed by atoms with van der Waals surface area (Å²) >= 11 is 0. The van der Waals surface area contributed by atoms with E-state index >= 15 is 0 Å². The fourth-order valence-electron chi connectivity index (χ4n) is 2.80. The zero-order chi connectivity index (χ0) is 23.1. The maximum atomic E-state index is 12.0. The number of rotatable bonds is 11. The van der Waals surface area contributed by atoms with E-state index in [-0.39, 0.29) is 30.2 Å². The van der Waals surface area contributed by atoms with Crippen LogP contribution in [0.3, 0.4) is 0 Å². The molecule has 0 aromatic carbocycles. The molecule has 3 rings (SSSR count). The molecule has 2 aromatic rings. The van der Waals surface area contributed by atoms with Crippen LogP contribution in [0.5, 0.6) is 0 Å². The Morgan fingerprint density at radius 1 is 1.25 bits per heavy atom. The van der Waals surface area contributed by atoms with Gasteiger partial charge in [-0.25, -0.2) is 19.7 Å². The molecule has 0 radical (unpaired) electrons. The summed E-state index contributed by atoms with van der Waals surface area (Å²) in [4.78, 5) is 38.4. The van der Waals surface area contributed by atoms with Crippen molar-refractivity contribution in [2.75, 3.05) is 36.6 Å². The number of aromatic nitrogens is 4. The zero-order valence-electron chi connectivity index (χ0n) is 16.3. The third-order valence-electron chi connectivity index (χ3n) is 4.22. The summed E-state index contributed by atoms with van der Waals surface area (Å²) in [6.45, 7) is -0.409. The summed E-state index contributed by atoms with van der Waals surface area (Å²) in [5.41, 5.74) is 0.437. The highest BCUT2D eigenvalue weighted by atomic mass is 33.1. The molecule has 32 heavy (non-hydrogen) atoms. The zero-order valence-corrected chi connectivity index (χ0v) is 18.0. The van der Waals surface area contributed by atoms with Crippen LogP contribution < -0.4 is 5.32 Å². The van der Waals surface area contributed by atoms with Gasteiger partial charge in [0.25, 0.3) is 5.09 Å². The summed E-state index contributed by atoms with van der Waals surface area (Å²) in [7, 11) is 2.71. The molecule has 1 aliphatic heterocycles. The monoisotopic (exact) mass is 492 g/mol. The molecule has 2 aromatic heterocycles. The molecule has 17 heteroatoms. The van der Waals surface area contributed by atoms with Gasteiger partial charge >= 0.3 is 6.09 Å². The predicted octanol–water partition coefficient (Wildman–Crippen LogP) is -0.424. The van der Waals surface area contributed by atoms with Crippen molar-refractivity contribution in [2.45, 2.75) is 24.5 Å². The standard InChI is InChI=1S/C15H20N6O9S2/c22-5-8-10(23)11(24)14(30-8)20-7-18-9-12(16-6-17-13(9)20)19-15(25)28-1-3-31-32-4-2-29-21(26)27/h6-8,10-11,14,22-24H,1-5H2,(H,16,17,19,25)/t8-,10-,11-,14-/m1/s1. The fraction of sp³-hybridized carbons (Fsp3) is 0.600. The van der Waals surface area contributed by atoms with E-state index in [4.69, 9.17) is 9.47 Å². The highest BCUT2D eigenvalue weighted by molar-refractivity contribution is 8.76. The molecule has 0 unspecified atom stereocenters. The van der Waals surface area contributed by atoms with Crippen molar-refractivity contribution in [1.29, 1.82) is 0 Å². The highest BCUT2D eigenvalue weighted by Gasteiger charge is 2.44. The molecule has 0 bridgehead atoms. The molecule has 0 saturated carbocycles. The second kappa shape index (κ2) is 11.4. The number of aliphatic hydroxyl groups is 3. The van der Waals surface area contributed by atoms with Crippen LogP contribution in [0.4, 0.5) is 10.6 Å². The first-order valence-corrected chi connectivity index (χ1v) is 11.7. The van der Waals surface area contributed by atoms with Crippen molar-refractivity contribution in [3.63, 3.8) is 0 Å². The van der Waals surface area contributed by atoms with Crippen LogP contribution >= 0.6 is 21.6 Å². The SMILES string of the molecule is O=C(Nc1ncnc2c1ncn2[C@@H]1O[C@H](CO)[C@@H](O)[C@H]1O)OCCSSCCO[N+](=O)[O-]. The molecule has 15 nitrogen and oxygen atoms in total. The summed E-state index contributed by atoms with van der Waals surface area (Å²) < 4.78 is 11.9. The molecule has 4 atom stereocenters. The average molecular weight is 492 g/mol. The number of carbonyl (C=O) groups is 1. The smallest absolute Gasteiger partial charge is 0.412 e. The fourth-order valence-corrected chi connectivity index (χ4v) is 4.45. The Bertz CT molecular complexity index is 934. The summed E-state index contributed by atoms with van der Waals surface area (Å²) in [5.74, 6) is 0.939. The Hall–Kier alpha value is -2.44. The van der Waals surface area contributed by atoms with Crippen LogP contribution in [0.1, 0.15) is 6.23 Å². The van der Waals surface area contributed by atoms with E-state index in [1.54, 1.807) is 0 Å². The lowest BCUT2D eigenvalue weighted by atomic mass is 10.1. The van der Waals surface area contributed by atoms with E-state index in [2.05, 4.69) is 25.1 Å². The largest absolute Gasteiger partial charge is 0.448 e. The number of hydrogen-bond acceptors (Lipinski definition) is 14. The quantitative estimate of drug-likeness (QED) is 0.136. The second-order valence-electron chi connectivity index (χ2n) is 6.24. The van der Waals surface area contributed by atoms with E-state index < -0.39 is 42.3 Å². The van der Waals surface area contributed by atoms with Gasteiger partial charge in [0.1, 0.15) is 37.9 Å². The normalized spacial score (nSPS) is 22.7. The van der Waals surface area contributed by atoms with Crippen molar-refractivity contribution in [2.24, 2.45) is 0 Å². The molecule has 3 heterocycles. The van der Waals surface area contributed by atoms with Crippen LogP contribution in [0.15, 0.2) is 12.7 Å². The predicted molar refractivity (Wildman–Crippen MR) is 111 cm³/mol. The molecular formula is C15H20N6O9S2. The minimum Gasteiger partial charge on any atom is -0.448 e. The van der Waals surface area contributed by atoms with Gasteiger partial charge in [-0.1, -0.05) is 21.6 Å². The van der Waals surface area contributed by atoms with Crippen LogP contribution in [0, 0.1) is 10.1 Å². The highest BCUT2D eigenvalue weighted by Crippen LogP contribution is 2.32. The van der Waals surface area contributed by atoms with Crippen LogP contribution in [0.25, 0.3) is 11.2 Å². The first kappa shape index (κ1) is 24.2. The number of imidazole rings is 1. The third-order valence-corrected chi connectivity index (χ3v) is 6.55. The van der Waals surface area contributed by atoms with Gasteiger partial charge in [0.2, 0.25) is 0 Å². The van der Waals surface area contributed by atoms with Gasteiger partial charge < -0.3 is 29.6 Å². The molecular weight excluding hydrogens is 472 g/mol. The number of hydrogen-bond donors (Lipinski definition) is 4. The van der Waals surface area contributed by atoms with E-state index in [9.17, 15) is 30.2 Å². The summed E-state index contributed by atoms with van der Waals surface area (Å²) in [6.07, 6.45) is -2.87. The van der Waals surface area contributed by atoms with Gasteiger partial charge in [0.05, 0.1) is 12.9 Å². The van der Waals surface area contributed by atoms with Crippen LogP contribution in [0.2, 0.25) is 0 Å². The minimum absolute atomic E-state index is 0.0229. The summed E-state index contributed by atoms with van der Waals surface area (Å²) in [6, 6.07) is 0. The lowest BCUT2D eigenvalue weighted by Crippen LogP contribution is -2.33. The Morgan fingerprint density at radius 3 is 2.69 bits per heavy atom. The Labute approximate surface area is 188 Å². The number of aliphatic hydroxyl groups excluding tert-OH is 3. The molecule has 1 amide bonds. The number of ether oxygens (including phenoxy) is 2. The van der Waals surface area contributed by atoms with Gasteiger partial charge in [-0.2, -0.15) is 0 Å². The van der Waals surface area contributed by atoms with E-state index in [1.165, 1.54) is 38.8 Å². The van der Waals surface area contributed by atoms with Crippen molar-refractivity contribution in [3.05, 3.63) is 22.8 Å². The Balaban J connectivity index is 1.52. The van der Waals surface area contributed by atoms with Crippen LogP contribution in [-0.4, -0.2) is 95.7 Å². The van der Waals surface area contributed by atoms with Gasteiger partial charge in [0, 0.05) is 11.5 Å². The lowest BCUT2D eigenvalue weighted by molar-refractivity contribution is -0.756. The van der Waals surface area contributed by atoms with Gasteiger partial charge in [-0.15, -0.1) is 10.1 Å². The maximum absolute atomic E-state index is 12.0.